The largest absolute Gasteiger partial charge is 0.491 e. The van der Waals surface area contributed by atoms with Crippen molar-refractivity contribution in [3.63, 3.8) is 0 Å². The second-order valence-corrected chi connectivity index (χ2v) is 5.10. The minimum atomic E-state index is 0.212. The van der Waals surface area contributed by atoms with Crippen LogP contribution in [0.3, 0.4) is 0 Å². The van der Waals surface area contributed by atoms with Crippen LogP contribution in [0.1, 0.15) is 38.8 Å². The highest BCUT2D eigenvalue weighted by atomic mass is 16.5. The van der Waals surface area contributed by atoms with Crippen molar-refractivity contribution in [3.05, 3.63) is 42.5 Å². The van der Waals surface area contributed by atoms with E-state index in [9.17, 15) is 0 Å². The van der Waals surface area contributed by atoms with Crippen LogP contribution in [0.4, 0.5) is 0 Å². The van der Waals surface area contributed by atoms with Crippen molar-refractivity contribution in [1.82, 2.24) is 5.32 Å². The Labute approximate surface area is 123 Å². The Kier molecular flexibility index (Phi) is 8.00. The molecule has 0 aromatic heterocycles. The van der Waals surface area contributed by atoms with E-state index in [4.69, 9.17) is 9.47 Å². The van der Waals surface area contributed by atoms with Gasteiger partial charge < -0.3 is 14.8 Å². The van der Waals surface area contributed by atoms with Gasteiger partial charge in [-0.1, -0.05) is 18.2 Å². The molecule has 0 saturated carbocycles. The predicted molar refractivity (Wildman–Crippen MR) is 84.3 cm³/mol. The molecule has 0 saturated heterocycles. The predicted octanol–water partition coefficient (Wildman–Crippen LogP) is 3.72. The SMILES string of the molecule is C=CCCOCCNC(C)c1ccc(OC(C)C)cc1. The number of rotatable bonds is 10. The Morgan fingerprint density at radius 3 is 2.45 bits per heavy atom. The number of ether oxygens (including phenoxy) is 2. The average molecular weight is 277 g/mol. The van der Waals surface area contributed by atoms with Gasteiger partial charge in [0.15, 0.2) is 0 Å². The molecular weight excluding hydrogens is 250 g/mol. The quantitative estimate of drug-likeness (QED) is 0.522. The number of benzene rings is 1. The molecule has 0 aliphatic rings. The molecule has 0 bridgehead atoms. The maximum absolute atomic E-state index is 5.64. The molecule has 1 atom stereocenters. The maximum Gasteiger partial charge on any atom is 0.119 e. The zero-order valence-corrected chi connectivity index (χ0v) is 12.9. The summed E-state index contributed by atoms with van der Waals surface area (Å²) in [7, 11) is 0. The number of hydrogen-bond acceptors (Lipinski definition) is 3. The van der Waals surface area contributed by atoms with Crippen molar-refractivity contribution in [1.29, 1.82) is 0 Å². The van der Waals surface area contributed by atoms with Crippen molar-refractivity contribution in [2.45, 2.75) is 39.3 Å². The van der Waals surface area contributed by atoms with E-state index in [1.54, 1.807) is 0 Å². The van der Waals surface area contributed by atoms with Crippen molar-refractivity contribution >= 4 is 0 Å². The zero-order chi connectivity index (χ0) is 14.8. The summed E-state index contributed by atoms with van der Waals surface area (Å²) in [6, 6.07) is 8.57. The van der Waals surface area contributed by atoms with Crippen LogP contribution in [0, 0.1) is 0 Å². The third-order valence-corrected chi connectivity index (χ3v) is 2.92. The first-order valence-electron chi connectivity index (χ1n) is 7.32. The summed E-state index contributed by atoms with van der Waals surface area (Å²) in [5.41, 5.74) is 1.26. The summed E-state index contributed by atoms with van der Waals surface area (Å²) < 4.78 is 11.1. The Morgan fingerprint density at radius 1 is 1.15 bits per heavy atom. The molecule has 3 heteroatoms. The van der Waals surface area contributed by atoms with E-state index in [0.717, 1.165) is 31.9 Å². The summed E-state index contributed by atoms with van der Waals surface area (Å²) in [6.45, 7) is 12.2. The van der Waals surface area contributed by atoms with Crippen LogP contribution in [0.5, 0.6) is 5.75 Å². The van der Waals surface area contributed by atoms with E-state index in [-0.39, 0.29) is 6.10 Å². The Balaban J connectivity index is 2.28. The third kappa shape index (κ3) is 6.73. The monoisotopic (exact) mass is 277 g/mol. The van der Waals surface area contributed by atoms with E-state index >= 15 is 0 Å². The lowest BCUT2D eigenvalue weighted by molar-refractivity contribution is 0.138. The van der Waals surface area contributed by atoms with Gasteiger partial charge in [-0.05, 0) is 44.9 Å². The van der Waals surface area contributed by atoms with E-state index in [0.29, 0.717) is 6.04 Å². The highest BCUT2D eigenvalue weighted by molar-refractivity contribution is 5.29. The van der Waals surface area contributed by atoms with Crippen LogP contribution in [-0.2, 0) is 4.74 Å². The van der Waals surface area contributed by atoms with E-state index in [2.05, 4.69) is 31.0 Å². The van der Waals surface area contributed by atoms with Crippen molar-refractivity contribution in [2.75, 3.05) is 19.8 Å². The number of nitrogens with one attached hydrogen (secondary N) is 1. The van der Waals surface area contributed by atoms with Gasteiger partial charge in [0.2, 0.25) is 0 Å². The van der Waals surface area contributed by atoms with Gasteiger partial charge in [0.1, 0.15) is 5.75 Å². The standard InChI is InChI=1S/C17H27NO2/c1-5-6-12-19-13-11-18-15(4)16-7-9-17(10-8-16)20-14(2)3/h5,7-10,14-15,18H,1,6,11-13H2,2-4H3. The van der Waals surface area contributed by atoms with Crippen LogP contribution < -0.4 is 10.1 Å². The summed E-state index contributed by atoms with van der Waals surface area (Å²) in [5, 5.41) is 3.44. The first-order valence-corrected chi connectivity index (χ1v) is 7.32. The Bertz CT molecular complexity index is 373. The van der Waals surface area contributed by atoms with Crippen LogP contribution in [0.15, 0.2) is 36.9 Å². The fourth-order valence-corrected chi connectivity index (χ4v) is 1.84. The lowest BCUT2D eigenvalue weighted by Crippen LogP contribution is -2.23. The summed E-state index contributed by atoms with van der Waals surface area (Å²) in [5.74, 6) is 0.920. The number of hydrogen-bond donors (Lipinski definition) is 1. The molecule has 0 amide bonds. The van der Waals surface area contributed by atoms with Crippen molar-refractivity contribution in [3.8, 4) is 5.75 Å². The maximum atomic E-state index is 5.64. The molecule has 0 aliphatic carbocycles. The molecule has 0 fully saturated rings. The Hall–Kier alpha value is -1.32. The molecule has 1 aromatic carbocycles. The van der Waals surface area contributed by atoms with Gasteiger partial charge in [-0.3, -0.25) is 0 Å². The van der Waals surface area contributed by atoms with Gasteiger partial charge >= 0.3 is 0 Å². The lowest BCUT2D eigenvalue weighted by atomic mass is 10.1. The molecule has 112 valence electrons. The highest BCUT2D eigenvalue weighted by Crippen LogP contribution is 2.18. The molecule has 0 heterocycles. The molecule has 1 N–H and O–H groups in total. The van der Waals surface area contributed by atoms with Gasteiger partial charge in [0, 0.05) is 12.6 Å². The summed E-state index contributed by atoms with van der Waals surface area (Å²) >= 11 is 0. The minimum absolute atomic E-state index is 0.212. The second-order valence-electron chi connectivity index (χ2n) is 5.10. The summed E-state index contributed by atoms with van der Waals surface area (Å²) in [4.78, 5) is 0. The molecule has 0 radical (unpaired) electrons. The Morgan fingerprint density at radius 2 is 1.85 bits per heavy atom. The molecule has 1 aromatic rings. The van der Waals surface area contributed by atoms with Gasteiger partial charge in [-0.2, -0.15) is 0 Å². The molecular formula is C17H27NO2. The average Bonchev–Trinajstić information content (AvgIpc) is 2.42. The van der Waals surface area contributed by atoms with Crippen molar-refractivity contribution < 1.29 is 9.47 Å². The molecule has 3 nitrogen and oxygen atoms in total. The van der Waals surface area contributed by atoms with Crippen molar-refractivity contribution in [2.24, 2.45) is 0 Å². The van der Waals surface area contributed by atoms with E-state index < -0.39 is 0 Å². The molecule has 1 unspecified atom stereocenters. The zero-order valence-electron chi connectivity index (χ0n) is 12.9. The van der Waals surface area contributed by atoms with Crippen LogP contribution in [-0.4, -0.2) is 25.9 Å². The summed E-state index contributed by atoms with van der Waals surface area (Å²) in [6.07, 6.45) is 2.99. The first-order chi connectivity index (χ1) is 9.63. The van der Waals surface area contributed by atoms with Gasteiger partial charge in [-0.25, -0.2) is 0 Å². The smallest absolute Gasteiger partial charge is 0.119 e. The molecule has 20 heavy (non-hydrogen) atoms. The molecule has 0 aliphatic heterocycles. The second kappa shape index (κ2) is 9.56. The third-order valence-electron chi connectivity index (χ3n) is 2.92. The van der Waals surface area contributed by atoms with E-state index in [1.165, 1.54) is 5.56 Å². The minimum Gasteiger partial charge on any atom is -0.491 e. The normalized spacial score (nSPS) is 12.4. The molecule has 1 rings (SSSR count). The fourth-order valence-electron chi connectivity index (χ4n) is 1.84. The first kappa shape index (κ1) is 16.7. The van der Waals surface area contributed by atoms with Gasteiger partial charge in [0.25, 0.3) is 0 Å². The van der Waals surface area contributed by atoms with Crippen LogP contribution in [0.25, 0.3) is 0 Å². The lowest BCUT2D eigenvalue weighted by Gasteiger charge is -2.15. The van der Waals surface area contributed by atoms with Gasteiger partial charge in [0.05, 0.1) is 19.3 Å². The van der Waals surface area contributed by atoms with Crippen LogP contribution in [0.2, 0.25) is 0 Å². The van der Waals surface area contributed by atoms with E-state index in [1.807, 2.05) is 32.1 Å². The fraction of sp³-hybridized carbons (Fsp3) is 0.529. The van der Waals surface area contributed by atoms with Gasteiger partial charge in [-0.15, -0.1) is 6.58 Å². The molecule has 0 spiro atoms. The van der Waals surface area contributed by atoms with Crippen LogP contribution >= 0.6 is 0 Å². The highest BCUT2D eigenvalue weighted by Gasteiger charge is 2.05. The topological polar surface area (TPSA) is 30.5 Å².